The molecule has 0 aliphatic heterocycles. The van der Waals surface area contributed by atoms with Gasteiger partial charge in [0.2, 0.25) is 5.91 Å². The highest BCUT2D eigenvalue weighted by atomic mass is 16.5. The number of aromatic nitrogens is 2. The molecule has 1 atom stereocenters. The van der Waals surface area contributed by atoms with Gasteiger partial charge >= 0.3 is 5.97 Å². The van der Waals surface area contributed by atoms with Gasteiger partial charge in [0.15, 0.2) is 5.82 Å². The second-order valence-electron chi connectivity index (χ2n) is 11.5. The molecule has 1 heterocycles. The highest BCUT2D eigenvalue weighted by Crippen LogP contribution is 2.24. The van der Waals surface area contributed by atoms with E-state index in [0.717, 1.165) is 46.4 Å². The van der Waals surface area contributed by atoms with Gasteiger partial charge < -0.3 is 20.5 Å². The van der Waals surface area contributed by atoms with E-state index in [1.54, 1.807) is 24.5 Å². The van der Waals surface area contributed by atoms with E-state index in [4.69, 9.17) is 9.84 Å². The van der Waals surface area contributed by atoms with Crippen molar-refractivity contribution in [3.05, 3.63) is 114 Å². The fourth-order valence-corrected chi connectivity index (χ4v) is 4.84. The number of nitrogens with one attached hydrogen (secondary N) is 2. The van der Waals surface area contributed by atoms with Crippen LogP contribution in [0.15, 0.2) is 97.3 Å². The molecule has 0 radical (unpaired) electrons. The quantitative estimate of drug-likeness (QED) is 0.0935. The predicted octanol–water partition coefficient (Wildman–Crippen LogP) is 6.60. The molecule has 0 saturated carbocycles. The first-order valence-corrected chi connectivity index (χ1v) is 15.9. The molecule has 9 nitrogen and oxygen atoms in total. The summed E-state index contributed by atoms with van der Waals surface area (Å²) in [6.07, 6.45) is 9.71. The number of hydrogen-bond acceptors (Lipinski definition) is 6. The zero-order valence-electron chi connectivity index (χ0n) is 27.1. The van der Waals surface area contributed by atoms with Crippen LogP contribution >= 0.6 is 0 Å². The summed E-state index contributed by atoms with van der Waals surface area (Å²) in [5.74, 6) is -0.145. The van der Waals surface area contributed by atoms with Crippen LogP contribution in [0.4, 0.5) is 0 Å². The number of carboxylic acids is 1. The molecule has 0 spiro atoms. The maximum absolute atomic E-state index is 13.1. The number of allylic oxidation sites excluding steroid dienone is 2. The standard InChI is InChI=1S/C38H42N4O5/c1-4-5-6-7-22-47-33-18-16-29(17-19-33)32-24-40-36(41-25-32)30-10-8-27(9-11-30)23-34(38(46)39-21-20-35(43)44)42-37(45)31-14-12-28(13-15-31)26(2)3/h4-5,8-19,24-26,34H,6-7,20-23H2,1-3H3,(H,39,46)(H,42,45)(H,43,44)/b5-4+/t34-/m0/s1. The molecule has 2 amide bonds. The summed E-state index contributed by atoms with van der Waals surface area (Å²) in [6, 6.07) is 21.7. The molecule has 1 aromatic heterocycles. The minimum absolute atomic E-state index is 0.0368. The van der Waals surface area contributed by atoms with Crippen molar-refractivity contribution in [2.24, 2.45) is 0 Å². The first kappa shape index (κ1) is 34.6. The van der Waals surface area contributed by atoms with Crippen LogP contribution in [0, 0.1) is 0 Å². The molecule has 0 unspecified atom stereocenters. The van der Waals surface area contributed by atoms with Gasteiger partial charge in [-0.05, 0) is 66.6 Å². The Morgan fingerprint density at radius 3 is 2.15 bits per heavy atom. The van der Waals surface area contributed by atoms with Gasteiger partial charge in [0, 0.05) is 42.0 Å². The van der Waals surface area contributed by atoms with Crippen molar-refractivity contribution in [1.82, 2.24) is 20.6 Å². The van der Waals surface area contributed by atoms with Crippen molar-refractivity contribution < 1.29 is 24.2 Å². The predicted molar refractivity (Wildman–Crippen MR) is 183 cm³/mol. The minimum atomic E-state index is -1.02. The number of carbonyl (C=O) groups excluding carboxylic acids is 2. The van der Waals surface area contributed by atoms with E-state index in [1.807, 2.05) is 73.7 Å². The number of hydrogen-bond donors (Lipinski definition) is 3. The van der Waals surface area contributed by atoms with Gasteiger partial charge in [0.05, 0.1) is 13.0 Å². The lowest BCUT2D eigenvalue weighted by Crippen LogP contribution is -2.48. The fourth-order valence-electron chi connectivity index (χ4n) is 4.84. The van der Waals surface area contributed by atoms with E-state index >= 15 is 0 Å². The largest absolute Gasteiger partial charge is 0.494 e. The molecule has 0 fully saturated rings. The molecule has 4 aromatic rings. The summed E-state index contributed by atoms with van der Waals surface area (Å²) in [5.41, 5.74) is 5.03. The lowest BCUT2D eigenvalue weighted by molar-refractivity contribution is -0.137. The third-order valence-corrected chi connectivity index (χ3v) is 7.61. The van der Waals surface area contributed by atoms with Crippen LogP contribution in [0.3, 0.4) is 0 Å². The van der Waals surface area contributed by atoms with E-state index in [1.165, 1.54) is 0 Å². The summed E-state index contributed by atoms with van der Waals surface area (Å²) in [7, 11) is 0. The number of carbonyl (C=O) groups is 3. The van der Waals surface area contributed by atoms with E-state index in [-0.39, 0.29) is 25.3 Å². The van der Waals surface area contributed by atoms with Crippen LogP contribution in [0.25, 0.3) is 22.5 Å². The molecule has 244 valence electrons. The average Bonchev–Trinajstić information content (AvgIpc) is 3.08. The van der Waals surface area contributed by atoms with Gasteiger partial charge in [0.25, 0.3) is 5.91 Å². The molecule has 0 saturated heterocycles. The van der Waals surface area contributed by atoms with Crippen LogP contribution in [-0.2, 0) is 16.0 Å². The zero-order chi connectivity index (χ0) is 33.6. The number of aliphatic carboxylic acids is 1. The van der Waals surface area contributed by atoms with Gasteiger partial charge in [-0.2, -0.15) is 0 Å². The Kier molecular flexibility index (Phi) is 12.8. The van der Waals surface area contributed by atoms with Crippen molar-refractivity contribution in [2.75, 3.05) is 13.2 Å². The summed E-state index contributed by atoms with van der Waals surface area (Å²) < 4.78 is 5.81. The van der Waals surface area contributed by atoms with E-state index in [2.05, 4.69) is 40.5 Å². The Balaban J connectivity index is 1.40. The number of amides is 2. The molecule has 4 rings (SSSR count). The number of rotatable bonds is 16. The lowest BCUT2D eigenvalue weighted by Gasteiger charge is -2.19. The van der Waals surface area contributed by atoms with Gasteiger partial charge in [-0.1, -0.05) is 74.5 Å². The van der Waals surface area contributed by atoms with E-state index < -0.39 is 17.9 Å². The van der Waals surface area contributed by atoms with Crippen LogP contribution in [-0.4, -0.2) is 52.1 Å². The van der Waals surface area contributed by atoms with E-state index in [0.29, 0.717) is 23.9 Å². The Hall–Kier alpha value is -5.31. The number of carboxylic acid groups (broad SMARTS) is 1. The fraction of sp³-hybridized carbons (Fsp3) is 0.289. The topological polar surface area (TPSA) is 131 Å². The summed E-state index contributed by atoms with van der Waals surface area (Å²) in [5, 5.41) is 14.4. The maximum Gasteiger partial charge on any atom is 0.305 e. The third kappa shape index (κ3) is 10.6. The number of benzene rings is 3. The summed E-state index contributed by atoms with van der Waals surface area (Å²) >= 11 is 0. The lowest BCUT2D eigenvalue weighted by atomic mass is 10.0. The first-order valence-electron chi connectivity index (χ1n) is 15.9. The van der Waals surface area contributed by atoms with Crippen LogP contribution < -0.4 is 15.4 Å². The van der Waals surface area contributed by atoms with Crippen molar-refractivity contribution in [3.8, 4) is 28.3 Å². The van der Waals surface area contributed by atoms with Crippen molar-refractivity contribution in [2.45, 2.75) is 58.4 Å². The first-order chi connectivity index (χ1) is 22.7. The smallest absolute Gasteiger partial charge is 0.305 e. The van der Waals surface area contributed by atoms with Gasteiger partial charge in [0.1, 0.15) is 11.8 Å². The second kappa shape index (κ2) is 17.4. The molecule has 0 bridgehead atoms. The Bertz CT molecular complexity index is 1630. The molecule has 9 heteroatoms. The maximum atomic E-state index is 13.1. The average molecular weight is 635 g/mol. The third-order valence-electron chi connectivity index (χ3n) is 7.61. The molecule has 0 aliphatic carbocycles. The Morgan fingerprint density at radius 1 is 0.872 bits per heavy atom. The summed E-state index contributed by atoms with van der Waals surface area (Å²) in [4.78, 5) is 46.2. The van der Waals surface area contributed by atoms with Crippen LogP contribution in [0.2, 0.25) is 0 Å². The minimum Gasteiger partial charge on any atom is -0.494 e. The Labute approximate surface area is 276 Å². The SMILES string of the molecule is C/C=C/CCCOc1ccc(-c2cnc(-c3ccc(C[C@H](NC(=O)c4ccc(C(C)C)cc4)C(=O)NCCC(=O)O)cc3)nc2)cc1. The second-order valence-corrected chi connectivity index (χ2v) is 11.5. The molecule has 47 heavy (non-hydrogen) atoms. The molecule has 3 aromatic carbocycles. The highest BCUT2D eigenvalue weighted by molar-refractivity contribution is 5.97. The van der Waals surface area contributed by atoms with Gasteiger partial charge in [-0.25, -0.2) is 9.97 Å². The number of unbranched alkanes of at least 4 members (excludes halogenated alkanes) is 1. The van der Waals surface area contributed by atoms with Gasteiger partial charge in [-0.15, -0.1) is 0 Å². The van der Waals surface area contributed by atoms with Gasteiger partial charge in [-0.3, -0.25) is 14.4 Å². The molecular weight excluding hydrogens is 592 g/mol. The number of nitrogens with zero attached hydrogens (tertiary/aromatic N) is 2. The van der Waals surface area contributed by atoms with Crippen LogP contribution in [0.5, 0.6) is 5.75 Å². The van der Waals surface area contributed by atoms with Crippen molar-refractivity contribution >= 4 is 17.8 Å². The highest BCUT2D eigenvalue weighted by Gasteiger charge is 2.22. The molecule has 0 aliphatic rings. The van der Waals surface area contributed by atoms with Crippen molar-refractivity contribution in [3.63, 3.8) is 0 Å². The van der Waals surface area contributed by atoms with Crippen LogP contribution in [0.1, 0.15) is 67.4 Å². The van der Waals surface area contributed by atoms with E-state index in [9.17, 15) is 14.4 Å². The normalized spacial score (nSPS) is 11.7. The molecule has 3 N–H and O–H groups in total. The van der Waals surface area contributed by atoms with Crippen molar-refractivity contribution in [1.29, 1.82) is 0 Å². The summed E-state index contributed by atoms with van der Waals surface area (Å²) in [6.45, 7) is 6.79. The Morgan fingerprint density at radius 2 is 1.53 bits per heavy atom. The number of ether oxygens (including phenoxy) is 1. The molecular formula is C38H42N4O5. The monoisotopic (exact) mass is 634 g/mol. The zero-order valence-corrected chi connectivity index (χ0v) is 27.1.